The lowest BCUT2D eigenvalue weighted by atomic mass is 10.1. The zero-order valence-corrected chi connectivity index (χ0v) is 14.2. The van der Waals surface area contributed by atoms with E-state index in [9.17, 15) is 9.59 Å². The molecule has 0 bridgehead atoms. The summed E-state index contributed by atoms with van der Waals surface area (Å²) in [6.45, 7) is 4.07. The highest BCUT2D eigenvalue weighted by Crippen LogP contribution is 2.20. The second-order valence-electron chi connectivity index (χ2n) is 5.02. The van der Waals surface area contributed by atoms with Gasteiger partial charge in [0.1, 0.15) is 0 Å². The number of carbonyl (C=O) groups excluding carboxylic acids is 2. The molecule has 0 unspecified atom stereocenters. The molecule has 0 aliphatic rings. The van der Waals surface area contributed by atoms with Crippen molar-refractivity contribution in [1.82, 2.24) is 10.3 Å². The highest BCUT2D eigenvalue weighted by Gasteiger charge is 2.10. The average Bonchev–Trinajstić information content (AvgIpc) is 2.57. The molecule has 0 aliphatic heterocycles. The van der Waals surface area contributed by atoms with E-state index in [1.54, 1.807) is 31.2 Å². The smallest absolute Gasteiger partial charge is 0.407 e. The first kappa shape index (κ1) is 17.7. The number of ether oxygens (including phenoxy) is 1. The van der Waals surface area contributed by atoms with Crippen LogP contribution in [0.4, 0.5) is 10.5 Å². The maximum atomic E-state index is 12.4. The molecule has 2 amide bonds. The maximum Gasteiger partial charge on any atom is 0.407 e. The summed E-state index contributed by atoms with van der Waals surface area (Å²) in [5, 5.41) is 5.92. The Hall–Kier alpha value is -2.60. The minimum Gasteiger partial charge on any atom is -0.450 e. The Balaban J connectivity index is 2.06. The van der Waals surface area contributed by atoms with Crippen LogP contribution in [0.5, 0.6) is 0 Å². The van der Waals surface area contributed by atoms with Crippen LogP contribution in [0.1, 0.15) is 28.5 Å². The van der Waals surface area contributed by atoms with Crippen molar-refractivity contribution >= 4 is 29.3 Å². The Morgan fingerprint density at radius 1 is 1.25 bits per heavy atom. The van der Waals surface area contributed by atoms with Crippen molar-refractivity contribution in [2.24, 2.45) is 0 Å². The van der Waals surface area contributed by atoms with E-state index < -0.39 is 6.09 Å². The maximum absolute atomic E-state index is 12.4. The van der Waals surface area contributed by atoms with Crippen molar-refractivity contribution in [2.45, 2.75) is 20.4 Å². The molecular formula is C17H18ClN3O3. The van der Waals surface area contributed by atoms with E-state index >= 15 is 0 Å². The summed E-state index contributed by atoms with van der Waals surface area (Å²) in [7, 11) is 0. The van der Waals surface area contributed by atoms with Gasteiger partial charge in [0.15, 0.2) is 0 Å². The Kier molecular flexibility index (Phi) is 6.14. The first-order valence-electron chi connectivity index (χ1n) is 7.42. The molecule has 2 N–H and O–H groups in total. The Morgan fingerprint density at radius 3 is 2.79 bits per heavy atom. The first-order valence-corrected chi connectivity index (χ1v) is 7.80. The fourth-order valence-corrected chi connectivity index (χ4v) is 2.16. The summed E-state index contributed by atoms with van der Waals surface area (Å²) >= 11 is 5.95. The summed E-state index contributed by atoms with van der Waals surface area (Å²) in [6, 6.07) is 8.50. The molecule has 0 aliphatic carbocycles. The minimum atomic E-state index is -0.524. The summed E-state index contributed by atoms with van der Waals surface area (Å²) in [5.74, 6) is -0.278. The molecular weight excluding hydrogens is 330 g/mol. The quantitative estimate of drug-likeness (QED) is 0.866. The topological polar surface area (TPSA) is 80.3 Å². The van der Waals surface area contributed by atoms with Gasteiger partial charge in [0.05, 0.1) is 18.8 Å². The standard InChI is InChI=1S/C17H18ClN3O3/c1-3-24-17(23)20-10-14-8-12(6-7-19-14)16(22)21-15-9-13(18)5-4-11(15)2/h4-9H,3,10H2,1-2H3,(H,20,23)(H,21,22). The molecule has 126 valence electrons. The second kappa shape index (κ2) is 8.31. The van der Waals surface area contributed by atoms with Gasteiger partial charge in [0.2, 0.25) is 0 Å². The van der Waals surface area contributed by atoms with Crippen molar-refractivity contribution in [2.75, 3.05) is 11.9 Å². The highest BCUT2D eigenvalue weighted by atomic mass is 35.5. The van der Waals surface area contributed by atoms with E-state index in [1.807, 2.05) is 13.0 Å². The van der Waals surface area contributed by atoms with Gasteiger partial charge in [-0.15, -0.1) is 0 Å². The fourth-order valence-electron chi connectivity index (χ4n) is 1.98. The molecule has 2 aromatic rings. The summed E-state index contributed by atoms with van der Waals surface area (Å²) in [5.41, 5.74) is 2.55. The fraction of sp³-hybridized carbons (Fsp3) is 0.235. The first-order chi connectivity index (χ1) is 11.5. The molecule has 0 atom stereocenters. The number of amides is 2. The highest BCUT2D eigenvalue weighted by molar-refractivity contribution is 6.31. The summed E-state index contributed by atoms with van der Waals surface area (Å²) < 4.78 is 4.78. The number of alkyl carbamates (subject to hydrolysis) is 1. The number of carbonyl (C=O) groups is 2. The summed E-state index contributed by atoms with van der Waals surface area (Å²) in [6.07, 6.45) is 0.991. The molecule has 2 rings (SSSR count). The monoisotopic (exact) mass is 347 g/mol. The van der Waals surface area contributed by atoms with E-state index in [2.05, 4.69) is 15.6 Å². The average molecular weight is 348 g/mol. The number of nitrogens with zero attached hydrogens (tertiary/aromatic N) is 1. The molecule has 0 radical (unpaired) electrons. The third-order valence-electron chi connectivity index (χ3n) is 3.22. The Bertz CT molecular complexity index is 750. The Labute approximate surface area is 145 Å². The van der Waals surface area contributed by atoms with Gasteiger partial charge in [-0.3, -0.25) is 9.78 Å². The third kappa shape index (κ3) is 4.96. The minimum absolute atomic E-state index is 0.177. The molecule has 1 heterocycles. The largest absolute Gasteiger partial charge is 0.450 e. The van der Waals surface area contributed by atoms with Gasteiger partial charge in [0.25, 0.3) is 5.91 Å². The van der Waals surface area contributed by atoms with Crippen LogP contribution < -0.4 is 10.6 Å². The second-order valence-corrected chi connectivity index (χ2v) is 5.46. The van der Waals surface area contributed by atoms with Crippen molar-refractivity contribution in [3.05, 3.63) is 58.4 Å². The molecule has 0 saturated heterocycles. The van der Waals surface area contributed by atoms with E-state index in [4.69, 9.17) is 16.3 Å². The molecule has 1 aromatic heterocycles. The van der Waals surface area contributed by atoms with Crippen LogP contribution in [-0.4, -0.2) is 23.6 Å². The number of hydrogen-bond donors (Lipinski definition) is 2. The van der Waals surface area contributed by atoms with Crippen molar-refractivity contribution < 1.29 is 14.3 Å². The van der Waals surface area contributed by atoms with Gasteiger partial charge in [0, 0.05) is 22.5 Å². The predicted molar refractivity (Wildman–Crippen MR) is 92.2 cm³/mol. The van der Waals surface area contributed by atoms with Crippen LogP contribution in [-0.2, 0) is 11.3 Å². The van der Waals surface area contributed by atoms with Crippen molar-refractivity contribution in [3.8, 4) is 0 Å². The number of halogens is 1. The molecule has 0 fully saturated rings. The van der Waals surface area contributed by atoms with Gasteiger partial charge >= 0.3 is 6.09 Å². The number of hydrogen-bond acceptors (Lipinski definition) is 4. The van der Waals surface area contributed by atoms with E-state index in [0.717, 1.165) is 5.56 Å². The number of anilines is 1. The molecule has 0 spiro atoms. The van der Waals surface area contributed by atoms with Crippen LogP contribution in [0, 0.1) is 6.92 Å². The van der Waals surface area contributed by atoms with E-state index in [0.29, 0.717) is 28.6 Å². The van der Waals surface area contributed by atoms with E-state index in [-0.39, 0.29) is 12.5 Å². The van der Waals surface area contributed by atoms with Crippen LogP contribution in [0.25, 0.3) is 0 Å². The SMILES string of the molecule is CCOC(=O)NCc1cc(C(=O)Nc2cc(Cl)ccc2C)ccn1. The van der Waals surface area contributed by atoms with Crippen LogP contribution in [0.3, 0.4) is 0 Å². The number of aryl methyl sites for hydroxylation is 1. The van der Waals surface area contributed by atoms with Gasteiger partial charge in [-0.05, 0) is 43.7 Å². The van der Waals surface area contributed by atoms with Gasteiger partial charge in [-0.2, -0.15) is 0 Å². The van der Waals surface area contributed by atoms with Crippen LogP contribution >= 0.6 is 11.6 Å². The molecule has 24 heavy (non-hydrogen) atoms. The lowest BCUT2D eigenvalue weighted by Gasteiger charge is -2.10. The molecule has 1 aromatic carbocycles. The zero-order valence-electron chi connectivity index (χ0n) is 13.4. The number of rotatable bonds is 5. The summed E-state index contributed by atoms with van der Waals surface area (Å²) in [4.78, 5) is 27.8. The zero-order chi connectivity index (χ0) is 17.5. The van der Waals surface area contributed by atoms with Crippen LogP contribution in [0.15, 0.2) is 36.5 Å². The van der Waals surface area contributed by atoms with Gasteiger partial charge in [-0.25, -0.2) is 4.79 Å². The van der Waals surface area contributed by atoms with Gasteiger partial charge < -0.3 is 15.4 Å². The third-order valence-corrected chi connectivity index (χ3v) is 3.45. The lowest BCUT2D eigenvalue weighted by Crippen LogP contribution is -2.24. The number of benzene rings is 1. The molecule has 7 heteroatoms. The molecule has 0 saturated carbocycles. The number of nitrogens with one attached hydrogen (secondary N) is 2. The predicted octanol–water partition coefficient (Wildman–Crippen LogP) is 3.54. The number of pyridine rings is 1. The van der Waals surface area contributed by atoms with Crippen molar-refractivity contribution in [3.63, 3.8) is 0 Å². The number of aromatic nitrogens is 1. The van der Waals surface area contributed by atoms with E-state index in [1.165, 1.54) is 6.20 Å². The van der Waals surface area contributed by atoms with Crippen molar-refractivity contribution in [1.29, 1.82) is 0 Å². The lowest BCUT2D eigenvalue weighted by molar-refractivity contribution is 0.102. The Morgan fingerprint density at radius 2 is 2.04 bits per heavy atom. The molecule has 6 nitrogen and oxygen atoms in total. The van der Waals surface area contributed by atoms with Gasteiger partial charge in [-0.1, -0.05) is 17.7 Å². The van der Waals surface area contributed by atoms with Crippen LogP contribution in [0.2, 0.25) is 5.02 Å². The normalized spacial score (nSPS) is 10.1.